The molecule has 18 aromatic rings. The van der Waals surface area contributed by atoms with E-state index in [0.29, 0.717) is 0 Å². The molecule has 1 aliphatic carbocycles. The summed E-state index contributed by atoms with van der Waals surface area (Å²) in [6.07, 6.45) is 0. The van der Waals surface area contributed by atoms with Crippen molar-refractivity contribution in [1.82, 2.24) is 9.13 Å². The highest BCUT2D eigenvalue weighted by Crippen LogP contribution is 2.51. The molecule has 2 heterocycles. The van der Waals surface area contributed by atoms with Crippen LogP contribution in [-0.4, -0.2) is 9.13 Å². The minimum atomic E-state index is -0.104. The van der Waals surface area contributed by atoms with Gasteiger partial charge in [0.15, 0.2) is 0 Å². The maximum atomic E-state index is 2.49. The number of hydrogen-bond acceptors (Lipinski definition) is 1. The summed E-state index contributed by atoms with van der Waals surface area (Å²) in [5.41, 5.74) is 33.7. The zero-order valence-electron chi connectivity index (χ0n) is 57.4. The number of aromatic nitrogens is 2. The molecule has 1 atom stereocenters. The van der Waals surface area contributed by atoms with Crippen LogP contribution in [-0.2, 0) is 5.41 Å². The van der Waals surface area contributed by atoms with Gasteiger partial charge in [0.2, 0.25) is 0 Å². The normalized spacial score (nSPS) is 12.6. The highest BCUT2D eigenvalue weighted by Gasteiger charge is 2.36. The van der Waals surface area contributed by atoms with E-state index in [4.69, 9.17) is 0 Å². The van der Waals surface area contributed by atoms with Crippen LogP contribution in [0.25, 0.3) is 133 Å². The van der Waals surface area contributed by atoms with Crippen molar-refractivity contribution < 1.29 is 0 Å². The molecule has 19 rings (SSSR count). The van der Waals surface area contributed by atoms with Crippen molar-refractivity contribution in [2.24, 2.45) is 0 Å². The topological polar surface area (TPSA) is 13.1 Å². The van der Waals surface area contributed by atoms with Gasteiger partial charge in [-0.2, -0.15) is 0 Å². The van der Waals surface area contributed by atoms with Gasteiger partial charge in [0.25, 0.3) is 0 Å². The summed E-state index contributed by atoms with van der Waals surface area (Å²) in [6.45, 7) is 4.76. The number of rotatable bonds is 14. The largest absolute Gasteiger partial charge is 0.311 e. The third kappa shape index (κ3) is 10.8. The number of hydrogen-bond donors (Lipinski definition) is 0. The monoisotopic (exact) mass is 1310 g/mol. The number of nitrogens with zero attached hydrogens (tertiary/aromatic N) is 3. The number of benzene rings is 16. The van der Waals surface area contributed by atoms with Crippen LogP contribution in [0.15, 0.2) is 388 Å². The first-order valence-electron chi connectivity index (χ1n) is 35.8. The third-order valence-electron chi connectivity index (χ3n) is 21.7. The van der Waals surface area contributed by atoms with E-state index < -0.39 is 0 Å². The molecule has 0 saturated carbocycles. The molecule has 1 unspecified atom stereocenters. The highest BCUT2D eigenvalue weighted by atomic mass is 15.1. The number of fused-ring (bicyclic) bond motifs is 9. The third-order valence-corrected chi connectivity index (χ3v) is 21.7. The molecule has 2 aromatic heterocycles. The lowest BCUT2D eigenvalue weighted by atomic mass is 9.79. The maximum Gasteiger partial charge on any atom is 0.0547 e. The summed E-state index contributed by atoms with van der Waals surface area (Å²) in [7, 11) is 0. The van der Waals surface area contributed by atoms with Crippen molar-refractivity contribution in [2.75, 3.05) is 4.90 Å². The predicted octanol–water partition coefficient (Wildman–Crippen LogP) is 26.8. The summed E-state index contributed by atoms with van der Waals surface area (Å²) in [5.74, 6) is 0.0336. The summed E-state index contributed by atoms with van der Waals surface area (Å²) < 4.78 is 4.89. The Kier molecular flexibility index (Phi) is 15.0. The van der Waals surface area contributed by atoms with Gasteiger partial charge in [-0.05, 0) is 197 Å². The zero-order chi connectivity index (χ0) is 68.5. The average molecular weight is 1310 g/mol. The van der Waals surface area contributed by atoms with E-state index in [0.717, 1.165) is 39.6 Å². The zero-order valence-corrected chi connectivity index (χ0v) is 57.4. The Balaban J connectivity index is 0.628. The Morgan fingerprint density at radius 1 is 0.233 bits per heavy atom. The molecule has 0 spiro atoms. The molecule has 0 saturated heterocycles. The van der Waals surface area contributed by atoms with Crippen molar-refractivity contribution in [2.45, 2.75) is 25.2 Å². The Morgan fingerprint density at radius 2 is 0.621 bits per heavy atom. The van der Waals surface area contributed by atoms with Gasteiger partial charge in [0.1, 0.15) is 0 Å². The van der Waals surface area contributed by atoms with Gasteiger partial charge < -0.3 is 14.0 Å². The first-order chi connectivity index (χ1) is 50.8. The molecule has 0 N–H and O–H groups in total. The van der Waals surface area contributed by atoms with E-state index >= 15 is 0 Å². The average Bonchev–Trinajstić information content (AvgIpc) is 1.59. The van der Waals surface area contributed by atoms with Gasteiger partial charge in [-0.1, -0.05) is 311 Å². The lowest BCUT2D eigenvalue weighted by Crippen LogP contribution is -2.15. The molecule has 0 aliphatic heterocycles. The predicted molar refractivity (Wildman–Crippen MR) is 434 cm³/mol. The van der Waals surface area contributed by atoms with Crippen LogP contribution in [0, 0.1) is 0 Å². The Labute approximate surface area is 601 Å². The Bertz CT molecular complexity index is 6100. The fourth-order valence-electron chi connectivity index (χ4n) is 16.5. The summed E-state index contributed by atoms with van der Waals surface area (Å²) in [6, 6.07) is 143. The van der Waals surface area contributed by atoms with Crippen molar-refractivity contribution in [1.29, 1.82) is 0 Å². The maximum absolute atomic E-state index is 2.49. The van der Waals surface area contributed by atoms with Crippen molar-refractivity contribution in [3.8, 4) is 89.3 Å². The summed E-state index contributed by atoms with van der Waals surface area (Å²) in [4.78, 5) is 2.35. The van der Waals surface area contributed by atoms with E-state index in [1.807, 2.05) is 0 Å². The van der Waals surface area contributed by atoms with Gasteiger partial charge in [0.05, 0.1) is 22.1 Å². The van der Waals surface area contributed by atoms with Gasteiger partial charge in [-0.15, -0.1) is 0 Å². The van der Waals surface area contributed by atoms with E-state index in [-0.39, 0.29) is 11.3 Å². The summed E-state index contributed by atoms with van der Waals surface area (Å²) in [5, 5.41) is 4.90. The second kappa shape index (κ2) is 25.3. The number of para-hydroxylation sites is 2. The lowest BCUT2D eigenvalue weighted by molar-refractivity contribution is 0.659. The molecule has 16 aromatic carbocycles. The molecular formula is C100H71N3. The molecule has 103 heavy (non-hydrogen) atoms. The standard InChI is InChI=1S/C100H71N3/c1-100(2)92-32-15-12-28-87(92)88-62-52-80(66-93(88)100)98(76-40-36-70(37-41-76)67-20-6-3-7-21-67)77-42-38-75(39-43-77)78-53-63-96-91(65-78)89-29-13-16-33-94(89)103(96)85-27-18-26-79(64-85)86-31-19-35-97-99(86)90-30-14-17-34-95(90)102(97)84-60-50-74(51-61-84)73-48-58-83(59-49-73)101(81-54-44-71(45-55-81)68-22-8-4-9-23-68)82-56-46-72(47-57-82)69-24-10-5-11-25-69/h3-66,98H,1-2H3. The fourth-order valence-corrected chi connectivity index (χ4v) is 16.5. The van der Waals surface area contributed by atoms with Crippen LogP contribution in [0.5, 0.6) is 0 Å². The van der Waals surface area contributed by atoms with Crippen molar-refractivity contribution >= 4 is 60.7 Å². The van der Waals surface area contributed by atoms with Crippen LogP contribution in [0.4, 0.5) is 17.1 Å². The quantitative estimate of drug-likeness (QED) is 0.0989. The van der Waals surface area contributed by atoms with Crippen molar-refractivity contribution in [3.05, 3.63) is 416 Å². The molecule has 0 radical (unpaired) electrons. The molecule has 3 heteroatoms. The van der Waals surface area contributed by atoms with Gasteiger partial charge in [-0.25, -0.2) is 0 Å². The minimum absolute atomic E-state index is 0.0336. The molecule has 0 amide bonds. The SMILES string of the molecule is CC1(C)c2ccccc2-c2ccc(C(c3ccc(-c4ccccc4)cc3)c3ccc(-c4ccc5c(c4)c4ccccc4n5-c4cccc(-c5cccc6c5c5ccccc5n6-c5ccc(-c6ccc(N(c7ccc(-c8ccccc8)cc7)c7ccc(-c8ccccc8)cc7)cc6)cc5)c4)cc3)cc21. The Hall–Kier alpha value is -13.1. The Morgan fingerprint density at radius 3 is 1.19 bits per heavy atom. The smallest absolute Gasteiger partial charge is 0.0547 e. The molecule has 1 aliphatic rings. The first kappa shape index (κ1) is 61.0. The van der Waals surface area contributed by atoms with Crippen LogP contribution < -0.4 is 4.90 Å². The highest BCUT2D eigenvalue weighted by molar-refractivity contribution is 6.16. The minimum Gasteiger partial charge on any atom is -0.311 e. The van der Waals surface area contributed by atoms with Crippen LogP contribution >= 0.6 is 0 Å². The van der Waals surface area contributed by atoms with Crippen LogP contribution in [0.1, 0.15) is 47.6 Å². The van der Waals surface area contributed by atoms with Gasteiger partial charge in [-0.3, -0.25) is 0 Å². The van der Waals surface area contributed by atoms with Gasteiger partial charge >= 0.3 is 0 Å². The van der Waals surface area contributed by atoms with Gasteiger partial charge in [0, 0.05) is 61.3 Å². The number of anilines is 3. The summed E-state index contributed by atoms with van der Waals surface area (Å²) >= 11 is 0. The molecule has 3 nitrogen and oxygen atoms in total. The molecule has 486 valence electrons. The van der Waals surface area contributed by atoms with Crippen LogP contribution in [0.2, 0.25) is 0 Å². The van der Waals surface area contributed by atoms with E-state index in [2.05, 4.69) is 416 Å². The molecule has 0 bridgehead atoms. The van der Waals surface area contributed by atoms with E-state index in [1.165, 1.54) is 138 Å². The van der Waals surface area contributed by atoms with E-state index in [9.17, 15) is 0 Å². The second-order valence-electron chi connectivity index (χ2n) is 28.0. The fraction of sp³-hybridized carbons (Fsp3) is 0.0400. The lowest BCUT2D eigenvalue weighted by Gasteiger charge is -2.26. The first-order valence-corrected chi connectivity index (χ1v) is 35.8. The molecule has 0 fully saturated rings. The van der Waals surface area contributed by atoms with E-state index in [1.54, 1.807) is 0 Å². The second-order valence-corrected chi connectivity index (χ2v) is 28.0. The van der Waals surface area contributed by atoms with Crippen molar-refractivity contribution in [3.63, 3.8) is 0 Å². The molecular weight excluding hydrogens is 1240 g/mol. The van der Waals surface area contributed by atoms with Crippen LogP contribution in [0.3, 0.4) is 0 Å².